The van der Waals surface area contributed by atoms with Crippen LogP contribution in [0.1, 0.15) is 26.3 Å². The summed E-state index contributed by atoms with van der Waals surface area (Å²) in [6.45, 7) is 0. The van der Waals surface area contributed by atoms with Gasteiger partial charge in [-0.25, -0.2) is 10.2 Å². The molecule has 0 radical (unpaired) electrons. The van der Waals surface area contributed by atoms with Gasteiger partial charge in [0.05, 0.1) is 11.8 Å². The van der Waals surface area contributed by atoms with E-state index in [1.165, 1.54) is 6.21 Å². The van der Waals surface area contributed by atoms with E-state index in [9.17, 15) is 9.59 Å². The van der Waals surface area contributed by atoms with Crippen molar-refractivity contribution >= 4 is 45.6 Å². The average molecular weight is 458 g/mol. The zero-order chi connectivity index (χ0) is 19.9. The minimum atomic E-state index is -0.442. The molecule has 1 amide bonds. The van der Waals surface area contributed by atoms with Crippen molar-refractivity contribution in [1.29, 1.82) is 0 Å². The molecule has 140 valence electrons. The number of hydrazone groups is 1. The molecule has 0 aliphatic rings. The van der Waals surface area contributed by atoms with Crippen LogP contribution in [0.5, 0.6) is 5.75 Å². The van der Waals surface area contributed by atoms with Crippen LogP contribution >= 0.6 is 27.5 Å². The zero-order valence-corrected chi connectivity index (χ0v) is 16.8. The van der Waals surface area contributed by atoms with Crippen molar-refractivity contribution < 1.29 is 14.3 Å². The summed E-state index contributed by atoms with van der Waals surface area (Å²) < 4.78 is 6.21. The first-order chi connectivity index (χ1) is 13.5. The molecule has 0 unspecified atom stereocenters. The lowest BCUT2D eigenvalue weighted by atomic mass is 10.2. The molecule has 28 heavy (non-hydrogen) atoms. The lowest BCUT2D eigenvalue weighted by Gasteiger charge is -2.05. The van der Waals surface area contributed by atoms with Gasteiger partial charge in [-0.15, -0.1) is 0 Å². The number of hydrogen-bond donors (Lipinski definition) is 1. The van der Waals surface area contributed by atoms with Crippen molar-refractivity contribution in [2.45, 2.75) is 0 Å². The van der Waals surface area contributed by atoms with Crippen LogP contribution in [0.2, 0.25) is 5.02 Å². The predicted molar refractivity (Wildman–Crippen MR) is 112 cm³/mol. The Morgan fingerprint density at radius 3 is 2.36 bits per heavy atom. The maximum atomic E-state index is 12.1. The number of benzene rings is 3. The number of amides is 1. The highest BCUT2D eigenvalue weighted by atomic mass is 79.9. The average Bonchev–Trinajstić information content (AvgIpc) is 2.69. The maximum absolute atomic E-state index is 12.1. The Labute approximate surface area is 175 Å². The van der Waals surface area contributed by atoms with E-state index in [-0.39, 0.29) is 5.91 Å². The third-order valence-corrected chi connectivity index (χ3v) is 4.40. The number of carbonyl (C=O) groups excluding carboxylic acids is 2. The summed E-state index contributed by atoms with van der Waals surface area (Å²) >= 11 is 9.18. The van der Waals surface area contributed by atoms with Crippen molar-refractivity contribution in [3.8, 4) is 5.75 Å². The van der Waals surface area contributed by atoms with Gasteiger partial charge in [0.25, 0.3) is 5.91 Å². The number of esters is 1. The Morgan fingerprint density at radius 2 is 1.68 bits per heavy atom. The molecule has 1 N–H and O–H groups in total. The van der Waals surface area contributed by atoms with Crippen LogP contribution in [-0.4, -0.2) is 18.1 Å². The van der Waals surface area contributed by atoms with Crippen LogP contribution in [0.3, 0.4) is 0 Å². The van der Waals surface area contributed by atoms with Gasteiger partial charge in [0.1, 0.15) is 5.75 Å². The maximum Gasteiger partial charge on any atom is 0.343 e. The molecule has 0 fully saturated rings. The van der Waals surface area contributed by atoms with Crippen LogP contribution in [-0.2, 0) is 0 Å². The molecule has 0 saturated carbocycles. The monoisotopic (exact) mass is 456 g/mol. The smallest absolute Gasteiger partial charge is 0.343 e. The van der Waals surface area contributed by atoms with E-state index < -0.39 is 5.97 Å². The first kappa shape index (κ1) is 19.8. The van der Waals surface area contributed by atoms with Crippen LogP contribution in [0.4, 0.5) is 0 Å². The van der Waals surface area contributed by atoms with E-state index >= 15 is 0 Å². The molecule has 0 heterocycles. The standard InChI is InChI=1S/C21H14BrClN2O3/c22-17-8-6-15(7-9-17)21(27)28-19-10-4-14(5-11-19)13-24-25-20(26)16-2-1-3-18(23)12-16/h1-13H,(H,25,26). The Bertz CT molecular complexity index is 1020. The highest BCUT2D eigenvalue weighted by Gasteiger charge is 2.08. The summed E-state index contributed by atoms with van der Waals surface area (Å²) in [5, 5.41) is 4.39. The Hall–Kier alpha value is -2.96. The van der Waals surface area contributed by atoms with Crippen LogP contribution < -0.4 is 10.2 Å². The summed E-state index contributed by atoms with van der Waals surface area (Å²) in [6.07, 6.45) is 1.49. The van der Waals surface area contributed by atoms with Crippen LogP contribution in [0, 0.1) is 0 Å². The third kappa shape index (κ3) is 5.52. The topological polar surface area (TPSA) is 67.8 Å². The molecule has 0 aliphatic heterocycles. The molecule has 0 spiro atoms. The normalized spacial score (nSPS) is 10.6. The molecule has 0 aliphatic carbocycles. The Balaban J connectivity index is 1.56. The number of carbonyl (C=O) groups is 2. The Morgan fingerprint density at radius 1 is 0.964 bits per heavy atom. The lowest BCUT2D eigenvalue weighted by molar-refractivity contribution is 0.0734. The van der Waals surface area contributed by atoms with Crippen molar-refractivity contribution in [3.05, 3.63) is 99.0 Å². The molecule has 0 aromatic heterocycles. The van der Waals surface area contributed by atoms with Gasteiger partial charge in [0, 0.05) is 15.1 Å². The number of hydrogen-bond acceptors (Lipinski definition) is 4. The second kappa shape index (κ2) is 9.30. The number of halogens is 2. The fourth-order valence-corrected chi connectivity index (χ4v) is 2.69. The summed E-state index contributed by atoms with van der Waals surface area (Å²) in [5.41, 5.74) is 4.03. The van der Waals surface area contributed by atoms with Gasteiger partial charge in [0.2, 0.25) is 0 Å². The molecule has 3 aromatic rings. The van der Waals surface area contributed by atoms with Crippen molar-refractivity contribution in [2.75, 3.05) is 0 Å². The van der Waals surface area contributed by atoms with Gasteiger partial charge in [-0.1, -0.05) is 33.6 Å². The second-order valence-corrected chi connectivity index (χ2v) is 7.03. The zero-order valence-electron chi connectivity index (χ0n) is 14.4. The molecule has 0 atom stereocenters. The molecule has 3 rings (SSSR count). The van der Waals surface area contributed by atoms with E-state index in [4.69, 9.17) is 16.3 Å². The van der Waals surface area contributed by atoms with Gasteiger partial charge in [-0.3, -0.25) is 4.79 Å². The number of rotatable bonds is 5. The highest BCUT2D eigenvalue weighted by molar-refractivity contribution is 9.10. The summed E-state index contributed by atoms with van der Waals surface area (Å²) in [4.78, 5) is 24.1. The van der Waals surface area contributed by atoms with E-state index in [0.29, 0.717) is 21.9 Å². The van der Waals surface area contributed by atoms with E-state index in [0.717, 1.165) is 10.0 Å². The predicted octanol–water partition coefficient (Wildman–Crippen LogP) is 5.09. The van der Waals surface area contributed by atoms with Gasteiger partial charge >= 0.3 is 5.97 Å². The quantitative estimate of drug-likeness (QED) is 0.251. The fourth-order valence-electron chi connectivity index (χ4n) is 2.23. The van der Waals surface area contributed by atoms with Crippen molar-refractivity contribution in [2.24, 2.45) is 5.10 Å². The summed E-state index contributed by atoms with van der Waals surface area (Å²) in [6, 6.07) is 20.2. The van der Waals surface area contributed by atoms with Crippen LogP contribution in [0.15, 0.2) is 82.4 Å². The lowest BCUT2D eigenvalue weighted by Crippen LogP contribution is -2.17. The SMILES string of the molecule is O=C(NN=Cc1ccc(OC(=O)c2ccc(Br)cc2)cc1)c1cccc(Cl)c1. The minimum Gasteiger partial charge on any atom is -0.423 e. The molecule has 7 heteroatoms. The summed E-state index contributed by atoms with van der Waals surface area (Å²) in [7, 11) is 0. The largest absolute Gasteiger partial charge is 0.423 e. The van der Waals surface area contributed by atoms with Crippen LogP contribution in [0.25, 0.3) is 0 Å². The van der Waals surface area contributed by atoms with Gasteiger partial charge < -0.3 is 4.74 Å². The highest BCUT2D eigenvalue weighted by Crippen LogP contribution is 2.16. The molecule has 0 saturated heterocycles. The van der Waals surface area contributed by atoms with Gasteiger partial charge in [-0.05, 0) is 72.3 Å². The van der Waals surface area contributed by atoms with Gasteiger partial charge in [0.15, 0.2) is 0 Å². The second-order valence-electron chi connectivity index (χ2n) is 5.67. The van der Waals surface area contributed by atoms with E-state index in [2.05, 4.69) is 26.5 Å². The molecule has 3 aromatic carbocycles. The molecular weight excluding hydrogens is 444 g/mol. The first-order valence-corrected chi connectivity index (χ1v) is 9.35. The van der Waals surface area contributed by atoms with E-state index in [1.54, 1.807) is 72.8 Å². The first-order valence-electron chi connectivity index (χ1n) is 8.18. The molecular formula is C21H14BrClN2O3. The number of nitrogens with one attached hydrogen (secondary N) is 1. The van der Waals surface area contributed by atoms with Crippen molar-refractivity contribution in [3.63, 3.8) is 0 Å². The minimum absolute atomic E-state index is 0.362. The number of ether oxygens (including phenoxy) is 1. The molecule has 0 bridgehead atoms. The molecule has 5 nitrogen and oxygen atoms in total. The number of nitrogens with zero attached hydrogens (tertiary/aromatic N) is 1. The fraction of sp³-hybridized carbons (Fsp3) is 0. The third-order valence-electron chi connectivity index (χ3n) is 3.64. The van der Waals surface area contributed by atoms with E-state index in [1.807, 2.05) is 0 Å². The van der Waals surface area contributed by atoms with Gasteiger partial charge in [-0.2, -0.15) is 5.10 Å². The van der Waals surface area contributed by atoms with Crippen molar-refractivity contribution in [1.82, 2.24) is 5.43 Å². The summed E-state index contributed by atoms with van der Waals surface area (Å²) in [5.74, 6) is -0.394. The Kier molecular flexibility index (Phi) is 6.57.